The Hall–Kier alpha value is -1.32. The Morgan fingerprint density at radius 1 is 0.909 bits per heavy atom. The lowest BCUT2D eigenvalue weighted by atomic mass is 9.73. The number of fused-ring (bicyclic) bond motifs is 2. The van der Waals surface area contributed by atoms with Crippen LogP contribution in [0.2, 0.25) is 0 Å². The summed E-state index contributed by atoms with van der Waals surface area (Å²) < 4.78 is 5.59. The second kappa shape index (κ2) is 13.5. The third kappa shape index (κ3) is 9.09. The van der Waals surface area contributed by atoms with E-state index >= 15 is 0 Å². The molecule has 4 unspecified atom stereocenters. The van der Waals surface area contributed by atoms with Crippen molar-refractivity contribution in [1.29, 1.82) is 0 Å². The third-order valence-corrected chi connectivity index (χ3v) is 8.23. The molecule has 1 amide bonds. The van der Waals surface area contributed by atoms with Crippen LogP contribution >= 0.6 is 0 Å². The molecule has 0 heterocycles. The molecule has 188 valence electrons. The zero-order chi connectivity index (χ0) is 23.5. The highest BCUT2D eigenvalue weighted by Crippen LogP contribution is 2.48. The number of alkyl carbamates (subject to hydrolysis) is 1. The molecule has 1 N–H and O–H groups in total. The molecule has 0 spiro atoms. The van der Waals surface area contributed by atoms with Crippen LogP contribution in [0.5, 0.6) is 0 Å². The first-order chi connectivity index (χ1) is 16.0. The van der Waals surface area contributed by atoms with E-state index in [1.54, 1.807) is 0 Å². The fraction of sp³-hybridized carbons (Fsp3) is 0.862. The van der Waals surface area contributed by atoms with E-state index in [4.69, 9.17) is 4.74 Å². The summed E-state index contributed by atoms with van der Waals surface area (Å²) in [5, 5.41) is 2.89. The number of allylic oxidation sites excluding steroid dienone is 2. The van der Waals surface area contributed by atoms with Crippen molar-refractivity contribution >= 4 is 11.9 Å². The first-order valence-corrected chi connectivity index (χ1v) is 14.1. The molecule has 4 nitrogen and oxygen atoms in total. The Balaban J connectivity index is 1.35. The lowest BCUT2D eigenvalue weighted by molar-refractivity contribution is -0.131. The van der Waals surface area contributed by atoms with Crippen LogP contribution < -0.4 is 5.32 Å². The summed E-state index contributed by atoms with van der Waals surface area (Å²) in [5.74, 6) is 2.17. The van der Waals surface area contributed by atoms with Crippen molar-refractivity contribution in [3.05, 3.63) is 12.2 Å². The van der Waals surface area contributed by atoms with Crippen LogP contribution in [0.3, 0.4) is 0 Å². The van der Waals surface area contributed by atoms with Crippen LogP contribution in [-0.2, 0) is 9.53 Å². The molecule has 3 rings (SSSR count). The molecule has 0 aromatic heterocycles. The quantitative estimate of drug-likeness (QED) is 0.168. The molecule has 0 radical (unpaired) electrons. The Labute approximate surface area is 202 Å². The van der Waals surface area contributed by atoms with Gasteiger partial charge in [0.15, 0.2) is 0 Å². The topological polar surface area (TPSA) is 55.4 Å². The van der Waals surface area contributed by atoms with Gasteiger partial charge in [-0.1, -0.05) is 83.3 Å². The molecule has 3 aliphatic carbocycles. The highest BCUT2D eigenvalue weighted by atomic mass is 16.5. The lowest BCUT2D eigenvalue weighted by Gasteiger charge is -2.32. The minimum atomic E-state index is -0.553. The summed E-state index contributed by atoms with van der Waals surface area (Å²) in [7, 11) is 0. The van der Waals surface area contributed by atoms with Crippen molar-refractivity contribution < 1.29 is 14.3 Å². The van der Waals surface area contributed by atoms with Gasteiger partial charge >= 0.3 is 6.09 Å². The van der Waals surface area contributed by atoms with E-state index in [1.807, 2.05) is 6.92 Å². The van der Waals surface area contributed by atoms with Crippen molar-refractivity contribution in [1.82, 2.24) is 5.32 Å². The molecular formula is C29H49NO3. The number of rotatable bonds is 18. The van der Waals surface area contributed by atoms with Crippen LogP contribution in [-0.4, -0.2) is 24.5 Å². The van der Waals surface area contributed by atoms with Gasteiger partial charge in [-0.2, -0.15) is 0 Å². The molecule has 2 fully saturated rings. The first kappa shape index (κ1) is 26.3. The van der Waals surface area contributed by atoms with Gasteiger partial charge in [0.25, 0.3) is 0 Å². The molecular weight excluding hydrogens is 410 g/mol. The summed E-state index contributed by atoms with van der Waals surface area (Å²) in [6.07, 6.45) is 24.5. The summed E-state index contributed by atoms with van der Waals surface area (Å²) in [6, 6.07) is 0.284. The maximum Gasteiger partial charge on any atom is 0.407 e. The van der Waals surface area contributed by atoms with Gasteiger partial charge in [0.2, 0.25) is 0 Å². The van der Waals surface area contributed by atoms with E-state index in [-0.39, 0.29) is 18.7 Å². The number of ether oxygens (including phenoxy) is 1. The molecule has 4 atom stereocenters. The molecule has 0 aromatic rings. The standard InChI is InChI=1S/C29H49NO3/c1-3-4-5-6-7-8-9-10-11-12-13-14-27(31)29(2,22-33-28(32)30-26-17-18-26)21-25-20-23-15-16-24(25)19-23/h15-16,23-26H,3-14,17-22H2,1-2H3,(H,30,32). The zero-order valence-corrected chi connectivity index (χ0v) is 21.4. The van der Waals surface area contributed by atoms with Crippen LogP contribution in [0.25, 0.3) is 0 Å². The number of nitrogens with one attached hydrogen (secondary N) is 1. The van der Waals surface area contributed by atoms with E-state index < -0.39 is 5.41 Å². The van der Waals surface area contributed by atoms with Gasteiger partial charge in [0, 0.05) is 12.5 Å². The summed E-state index contributed by atoms with van der Waals surface area (Å²) in [4.78, 5) is 25.5. The minimum Gasteiger partial charge on any atom is -0.449 e. The second-order valence-corrected chi connectivity index (χ2v) is 11.5. The average Bonchev–Trinajstić information content (AvgIpc) is 3.36. The molecule has 0 saturated heterocycles. The maximum absolute atomic E-state index is 13.3. The SMILES string of the molecule is CCCCCCCCCCCCCC(=O)C(C)(COC(=O)NC1CC1)CC1CC2C=CC1C2. The molecule has 2 saturated carbocycles. The fourth-order valence-electron chi connectivity index (χ4n) is 5.87. The van der Waals surface area contributed by atoms with Gasteiger partial charge < -0.3 is 10.1 Å². The van der Waals surface area contributed by atoms with Crippen LogP contribution in [0.15, 0.2) is 12.2 Å². The normalized spacial score (nSPS) is 25.2. The third-order valence-electron chi connectivity index (χ3n) is 8.23. The van der Waals surface area contributed by atoms with Crippen molar-refractivity contribution in [3.8, 4) is 0 Å². The second-order valence-electron chi connectivity index (χ2n) is 11.5. The number of Topliss-reactive ketones (excluding diaryl/α,β-unsaturated/α-hetero) is 1. The maximum atomic E-state index is 13.3. The predicted molar refractivity (Wildman–Crippen MR) is 135 cm³/mol. The summed E-state index contributed by atoms with van der Waals surface area (Å²) >= 11 is 0. The highest BCUT2D eigenvalue weighted by molar-refractivity contribution is 5.85. The van der Waals surface area contributed by atoms with Gasteiger partial charge in [0.05, 0.1) is 5.41 Å². The van der Waals surface area contributed by atoms with E-state index in [9.17, 15) is 9.59 Å². The van der Waals surface area contributed by atoms with Crippen molar-refractivity contribution in [2.75, 3.05) is 6.61 Å². The molecule has 4 heteroatoms. The van der Waals surface area contributed by atoms with Gasteiger partial charge in [-0.05, 0) is 63.2 Å². The van der Waals surface area contributed by atoms with Crippen LogP contribution in [0, 0.1) is 23.2 Å². The van der Waals surface area contributed by atoms with Gasteiger partial charge in [-0.3, -0.25) is 4.79 Å². The fourth-order valence-corrected chi connectivity index (χ4v) is 5.87. The number of ketones is 1. The van der Waals surface area contributed by atoms with Gasteiger partial charge in [-0.15, -0.1) is 0 Å². The number of hydrogen-bond acceptors (Lipinski definition) is 3. The van der Waals surface area contributed by atoms with E-state index in [0.29, 0.717) is 30.0 Å². The monoisotopic (exact) mass is 459 g/mol. The Bertz CT molecular complexity index is 641. The van der Waals surface area contributed by atoms with Crippen LogP contribution in [0.1, 0.15) is 123 Å². The predicted octanol–water partition coefficient (Wildman–Crippen LogP) is 7.75. The van der Waals surface area contributed by atoms with Crippen LogP contribution in [0.4, 0.5) is 4.79 Å². The lowest BCUT2D eigenvalue weighted by Crippen LogP contribution is -2.38. The number of hydrogen-bond donors (Lipinski definition) is 1. The molecule has 2 bridgehead atoms. The largest absolute Gasteiger partial charge is 0.449 e. The molecule has 33 heavy (non-hydrogen) atoms. The zero-order valence-electron chi connectivity index (χ0n) is 21.4. The minimum absolute atomic E-state index is 0.222. The van der Waals surface area contributed by atoms with E-state index in [0.717, 1.165) is 32.1 Å². The smallest absolute Gasteiger partial charge is 0.407 e. The average molecular weight is 460 g/mol. The number of carbonyl (C=O) groups excluding carboxylic acids is 2. The van der Waals surface area contributed by atoms with Gasteiger partial charge in [-0.25, -0.2) is 4.79 Å². The Kier molecular flexibility index (Phi) is 10.8. The Morgan fingerprint density at radius 3 is 2.09 bits per heavy atom. The highest BCUT2D eigenvalue weighted by Gasteiger charge is 2.43. The van der Waals surface area contributed by atoms with Crippen molar-refractivity contribution in [3.63, 3.8) is 0 Å². The van der Waals surface area contributed by atoms with Crippen molar-refractivity contribution in [2.24, 2.45) is 23.2 Å². The van der Waals surface area contributed by atoms with E-state index in [1.165, 1.54) is 70.6 Å². The Morgan fingerprint density at radius 2 is 1.55 bits per heavy atom. The summed E-state index contributed by atoms with van der Waals surface area (Å²) in [5.41, 5.74) is -0.553. The van der Waals surface area contributed by atoms with Crippen molar-refractivity contribution in [2.45, 2.75) is 129 Å². The first-order valence-electron chi connectivity index (χ1n) is 14.1. The number of amides is 1. The number of unbranched alkanes of at least 4 members (excludes halogenated alkanes) is 10. The number of carbonyl (C=O) groups is 2. The van der Waals surface area contributed by atoms with E-state index in [2.05, 4.69) is 24.4 Å². The molecule has 3 aliphatic rings. The summed E-state index contributed by atoms with van der Waals surface area (Å²) in [6.45, 7) is 4.54. The van der Waals surface area contributed by atoms with Gasteiger partial charge in [0.1, 0.15) is 12.4 Å². The molecule has 0 aromatic carbocycles. The molecule has 0 aliphatic heterocycles.